The number of amides is 8. The summed E-state index contributed by atoms with van der Waals surface area (Å²) in [6.07, 6.45) is -4.56. The van der Waals surface area contributed by atoms with Crippen molar-refractivity contribution < 1.29 is 63.6 Å². The van der Waals surface area contributed by atoms with Gasteiger partial charge in [-0.05, 0) is 84.2 Å². The highest BCUT2D eigenvalue weighted by molar-refractivity contribution is 7.81. The molecule has 0 spiro atoms. The highest BCUT2D eigenvalue weighted by Crippen LogP contribution is 2.19. The molecule has 27 nitrogen and oxygen atoms in total. The molecule has 382 valence electrons. The first-order chi connectivity index (χ1) is 31.6. The Labute approximate surface area is 397 Å². The molecular formula is C40H68N14O13S. The van der Waals surface area contributed by atoms with Gasteiger partial charge in [0.15, 0.2) is 5.96 Å². The van der Waals surface area contributed by atoms with Gasteiger partial charge in [-0.25, -0.2) is 4.79 Å². The summed E-state index contributed by atoms with van der Waals surface area (Å²) in [5.41, 5.74) is 28.2. The van der Waals surface area contributed by atoms with Crippen LogP contribution in [0, 0.1) is 5.41 Å². The predicted octanol–water partition coefficient (Wildman–Crippen LogP) is -6.95. The normalized spacial score (nSPS) is 15.7. The number of hydrogen-bond acceptors (Lipinski definition) is 17. The van der Waals surface area contributed by atoms with Crippen molar-refractivity contribution in [3.8, 4) is 5.75 Å². The molecule has 0 saturated heterocycles. The molecule has 0 unspecified atom stereocenters. The van der Waals surface area contributed by atoms with E-state index < -0.39 is 131 Å². The highest BCUT2D eigenvalue weighted by atomic mass is 32.1. The fraction of sp³-hybridized carbons (Fsp3) is 0.600. The van der Waals surface area contributed by atoms with Gasteiger partial charge in [0.2, 0.25) is 47.3 Å². The Kier molecular flexibility index (Phi) is 25.2. The molecule has 10 atom stereocenters. The van der Waals surface area contributed by atoms with Crippen LogP contribution in [-0.4, -0.2) is 165 Å². The maximum absolute atomic E-state index is 14.0. The minimum Gasteiger partial charge on any atom is -0.508 e. The van der Waals surface area contributed by atoms with Gasteiger partial charge in [-0.1, -0.05) is 12.1 Å². The van der Waals surface area contributed by atoms with Crippen molar-refractivity contribution in [2.45, 2.75) is 132 Å². The lowest BCUT2D eigenvalue weighted by molar-refractivity contribution is -0.143. The number of hydrogen-bond donors (Lipinski definition) is 19. The Bertz CT molecular complexity index is 1920. The van der Waals surface area contributed by atoms with Crippen molar-refractivity contribution in [3.63, 3.8) is 0 Å². The molecule has 23 N–H and O–H groups in total. The molecule has 28 heteroatoms. The summed E-state index contributed by atoms with van der Waals surface area (Å²) in [5.74, 6) is -10.3. The molecule has 1 rings (SSSR count). The van der Waals surface area contributed by atoms with Gasteiger partial charge >= 0.3 is 5.97 Å². The first kappa shape index (κ1) is 59.7. The zero-order chi connectivity index (χ0) is 52.1. The molecule has 8 amide bonds. The van der Waals surface area contributed by atoms with Crippen LogP contribution in [0.4, 0.5) is 0 Å². The SMILES string of the molecule is C[C@@H](O)[C@H](N)C(=O)N[C@@H](Cc1ccc(O)cc1)C(=O)N[C@H](C(=O)N[C@@H](CC(N)=O)C(=O)N[C@@H](CCCNC(=N)N)C(=O)N[C@@H](CCN)C(=O)N[C@H](C(=O)N[C@H](CCN)C(=O)O)[C@@H](C)O)C(C)(C)S. The number of aromatic hydroxyl groups is 1. The molecule has 68 heavy (non-hydrogen) atoms. The molecule has 0 heterocycles. The Hall–Kier alpha value is -6.33. The van der Waals surface area contributed by atoms with Crippen LogP contribution in [0.5, 0.6) is 5.75 Å². The van der Waals surface area contributed by atoms with Crippen LogP contribution in [0.1, 0.15) is 65.4 Å². The highest BCUT2D eigenvalue weighted by Gasteiger charge is 2.39. The Morgan fingerprint density at radius 1 is 0.662 bits per heavy atom. The van der Waals surface area contributed by atoms with Crippen molar-refractivity contribution in [1.82, 2.24) is 42.5 Å². The summed E-state index contributed by atoms with van der Waals surface area (Å²) >= 11 is 4.48. The van der Waals surface area contributed by atoms with Crippen LogP contribution in [-0.2, 0) is 49.6 Å². The second-order valence-corrected chi connectivity index (χ2v) is 17.6. The first-order valence-electron chi connectivity index (χ1n) is 21.4. The smallest absolute Gasteiger partial charge is 0.326 e. The lowest BCUT2D eigenvalue weighted by Crippen LogP contribution is -2.63. The van der Waals surface area contributed by atoms with Gasteiger partial charge in [0.05, 0.1) is 18.6 Å². The van der Waals surface area contributed by atoms with E-state index in [4.69, 9.17) is 34.1 Å². The number of aliphatic carboxylic acids is 1. The minimum atomic E-state index is -1.82. The number of carbonyl (C=O) groups excluding carboxylic acids is 8. The van der Waals surface area contributed by atoms with E-state index in [0.717, 1.165) is 6.92 Å². The third kappa shape index (κ3) is 21.1. The lowest BCUT2D eigenvalue weighted by Gasteiger charge is -2.33. The van der Waals surface area contributed by atoms with Gasteiger partial charge in [0.25, 0.3) is 0 Å². The van der Waals surface area contributed by atoms with E-state index in [1.165, 1.54) is 45.0 Å². The summed E-state index contributed by atoms with van der Waals surface area (Å²) < 4.78 is -1.43. The second-order valence-electron chi connectivity index (χ2n) is 16.4. The van der Waals surface area contributed by atoms with Gasteiger partial charge in [-0.2, -0.15) is 12.6 Å². The Balaban J connectivity index is 3.50. The zero-order valence-electron chi connectivity index (χ0n) is 38.2. The van der Waals surface area contributed by atoms with E-state index in [0.29, 0.717) is 5.56 Å². The molecule has 0 aromatic heterocycles. The van der Waals surface area contributed by atoms with Crippen LogP contribution in [0.2, 0.25) is 0 Å². The maximum Gasteiger partial charge on any atom is 0.326 e. The number of aliphatic hydroxyl groups is 2. The summed E-state index contributed by atoms with van der Waals surface area (Å²) in [4.78, 5) is 119. The van der Waals surface area contributed by atoms with Gasteiger partial charge in [-0.15, -0.1) is 0 Å². The number of rotatable bonds is 30. The van der Waals surface area contributed by atoms with E-state index in [1.54, 1.807) is 0 Å². The average molecular weight is 985 g/mol. The van der Waals surface area contributed by atoms with Crippen LogP contribution in [0.3, 0.4) is 0 Å². The first-order valence-corrected chi connectivity index (χ1v) is 21.8. The van der Waals surface area contributed by atoms with Crippen LogP contribution in [0.15, 0.2) is 24.3 Å². The number of thiol groups is 1. The molecule has 0 radical (unpaired) electrons. The molecule has 0 aliphatic rings. The molecule has 0 fully saturated rings. The van der Waals surface area contributed by atoms with E-state index in [-0.39, 0.29) is 57.5 Å². The molecule has 1 aromatic carbocycles. The van der Waals surface area contributed by atoms with Crippen molar-refractivity contribution in [2.75, 3.05) is 19.6 Å². The third-order valence-electron chi connectivity index (χ3n) is 9.96. The predicted molar refractivity (Wildman–Crippen MR) is 248 cm³/mol. The number of carboxylic acid groups (broad SMARTS) is 1. The molecule has 1 aromatic rings. The van der Waals surface area contributed by atoms with Crippen molar-refractivity contribution >= 4 is 71.8 Å². The minimum absolute atomic E-state index is 0.00732. The largest absolute Gasteiger partial charge is 0.508 e. The number of aliphatic hydroxyl groups excluding tert-OH is 2. The average Bonchev–Trinajstić information content (AvgIpc) is 3.23. The Morgan fingerprint density at radius 3 is 1.62 bits per heavy atom. The van der Waals surface area contributed by atoms with Crippen molar-refractivity contribution in [1.29, 1.82) is 5.41 Å². The van der Waals surface area contributed by atoms with Gasteiger partial charge < -0.3 is 91.6 Å². The maximum atomic E-state index is 14.0. The monoisotopic (exact) mass is 984 g/mol. The van der Waals surface area contributed by atoms with Crippen LogP contribution < -0.4 is 71.2 Å². The third-order valence-corrected chi connectivity index (χ3v) is 10.2. The zero-order valence-corrected chi connectivity index (χ0v) is 39.1. The van der Waals surface area contributed by atoms with Crippen molar-refractivity contribution in [3.05, 3.63) is 29.8 Å². The topological polar surface area (TPSA) is 485 Å². The fourth-order valence-corrected chi connectivity index (χ4v) is 6.34. The number of phenolic OH excluding ortho intramolecular Hbond substituents is 1. The van der Waals surface area contributed by atoms with Crippen LogP contribution in [0.25, 0.3) is 0 Å². The number of nitrogens with one attached hydrogen (secondary N) is 9. The number of benzene rings is 1. The van der Waals surface area contributed by atoms with Gasteiger partial charge in [0, 0.05) is 17.7 Å². The quantitative estimate of drug-likeness (QED) is 0.0147. The van der Waals surface area contributed by atoms with E-state index in [2.05, 4.69) is 55.2 Å². The molecule has 0 saturated carbocycles. The van der Waals surface area contributed by atoms with Crippen molar-refractivity contribution in [2.24, 2.45) is 28.7 Å². The lowest BCUT2D eigenvalue weighted by atomic mass is 9.99. The van der Waals surface area contributed by atoms with E-state index >= 15 is 0 Å². The summed E-state index contributed by atoms with van der Waals surface area (Å²) in [6, 6.07) is -7.00. The number of nitrogens with two attached hydrogens (primary N) is 5. The standard InChI is InChI=1S/C40H68N14O13S/c1-18(55)28(44)35(63)51-25(16-20-7-9-21(57)10-8-20)34(62)54-30(40(3,4)68)37(65)52-26(17-27(43)58)33(61)48-22(6-5-15-47-39(45)46)31(59)49-23(11-13-41)32(60)53-29(19(2)56)36(64)50-24(12-14-42)38(66)67/h7-10,18-19,22-26,28-30,55-57,68H,5-6,11-17,41-42,44H2,1-4H3,(H2,43,58)(H,48,61)(H,49,59)(H,50,64)(H,51,63)(H,52,65)(H,53,60)(H,54,62)(H,66,67)(H4,45,46,47)/t18-,19-,22+,23+,24-,25+,26+,28+,29+,30-/m1/s1. The van der Waals surface area contributed by atoms with Crippen LogP contribution >= 0.6 is 12.6 Å². The number of carboxylic acids is 1. The number of phenols is 1. The number of carbonyl (C=O) groups is 9. The van der Waals surface area contributed by atoms with Gasteiger partial charge in [0.1, 0.15) is 54.1 Å². The molecule has 0 aliphatic carbocycles. The summed E-state index contributed by atoms with van der Waals surface area (Å²) in [5, 5.41) is 65.9. The summed E-state index contributed by atoms with van der Waals surface area (Å²) in [7, 11) is 0. The number of guanidine groups is 1. The van der Waals surface area contributed by atoms with Gasteiger partial charge in [-0.3, -0.25) is 43.8 Å². The van der Waals surface area contributed by atoms with E-state index in [1.807, 2.05) is 0 Å². The fourth-order valence-electron chi connectivity index (χ4n) is 6.16. The second kappa shape index (κ2) is 28.8. The number of primary amides is 1. The van der Waals surface area contributed by atoms with E-state index in [9.17, 15) is 63.6 Å². The Morgan fingerprint density at radius 2 is 1.13 bits per heavy atom. The summed E-state index contributed by atoms with van der Waals surface area (Å²) in [6.45, 7) is 4.92. The molecule has 0 aliphatic heterocycles. The molecular weight excluding hydrogens is 917 g/mol. The molecule has 0 bridgehead atoms.